The second kappa shape index (κ2) is 6.18. The van der Waals surface area contributed by atoms with Gasteiger partial charge in [0, 0.05) is 11.4 Å². The molecule has 0 aliphatic carbocycles. The zero-order valence-electron chi connectivity index (χ0n) is 9.99. The van der Waals surface area contributed by atoms with E-state index in [-0.39, 0.29) is 0 Å². The minimum absolute atomic E-state index is 0.300. The number of carbonyl (C=O) groups is 1. The lowest BCUT2D eigenvalue weighted by atomic mass is 10.1. The van der Waals surface area contributed by atoms with Crippen LogP contribution in [0.2, 0.25) is 5.02 Å². The van der Waals surface area contributed by atoms with Gasteiger partial charge in [0.1, 0.15) is 0 Å². The fraction of sp³-hybridized carbons (Fsp3) is 0.500. The molecule has 0 amide bonds. The Bertz CT molecular complexity index is 368. The number of halogens is 1. The Kier molecular flexibility index (Phi) is 4.57. The van der Waals surface area contributed by atoms with Crippen LogP contribution in [0.15, 0.2) is 24.3 Å². The van der Waals surface area contributed by atoms with Crippen LogP contribution in [0.4, 0.5) is 0 Å². The van der Waals surface area contributed by atoms with Gasteiger partial charge in [0.25, 0.3) is 0 Å². The van der Waals surface area contributed by atoms with E-state index in [0.717, 1.165) is 23.7 Å². The van der Waals surface area contributed by atoms with E-state index >= 15 is 0 Å². The molecule has 1 aliphatic heterocycles. The molecule has 0 saturated carbocycles. The number of Topliss-reactive ketones (excluding diaryl/α,β-unsaturated/α-hetero) is 1. The lowest BCUT2D eigenvalue weighted by molar-refractivity contribution is -0.119. The number of piperidine rings is 1. The molecular formula is C14H18ClNO. The maximum Gasteiger partial charge on any atom is 0.151 e. The molecule has 0 bridgehead atoms. The molecule has 1 fully saturated rings. The largest absolute Gasteiger partial charge is 0.298 e. The second-order valence-electron chi connectivity index (χ2n) is 4.68. The molecule has 1 heterocycles. The predicted molar refractivity (Wildman–Crippen MR) is 70.5 cm³/mol. The SMILES string of the molecule is O=C(Cc1ccc(Cl)cc1)CN1CCCCC1. The van der Waals surface area contributed by atoms with E-state index in [2.05, 4.69) is 4.90 Å². The Morgan fingerprint density at radius 3 is 2.41 bits per heavy atom. The number of rotatable bonds is 4. The Morgan fingerprint density at radius 1 is 1.12 bits per heavy atom. The van der Waals surface area contributed by atoms with E-state index in [4.69, 9.17) is 11.6 Å². The van der Waals surface area contributed by atoms with Gasteiger partial charge in [-0.1, -0.05) is 30.2 Å². The number of hydrogen-bond donors (Lipinski definition) is 0. The molecule has 0 spiro atoms. The maximum absolute atomic E-state index is 11.9. The summed E-state index contributed by atoms with van der Waals surface area (Å²) in [6.07, 6.45) is 4.29. The van der Waals surface area contributed by atoms with Gasteiger partial charge in [-0.05, 0) is 43.6 Å². The summed E-state index contributed by atoms with van der Waals surface area (Å²) in [5.41, 5.74) is 1.05. The summed E-state index contributed by atoms with van der Waals surface area (Å²) in [5.74, 6) is 0.300. The van der Waals surface area contributed by atoms with Crippen LogP contribution in [0.3, 0.4) is 0 Å². The Morgan fingerprint density at radius 2 is 1.76 bits per heavy atom. The third-order valence-electron chi connectivity index (χ3n) is 3.16. The topological polar surface area (TPSA) is 20.3 Å². The minimum Gasteiger partial charge on any atom is -0.298 e. The summed E-state index contributed by atoms with van der Waals surface area (Å²) >= 11 is 5.81. The van der Waals surface area contributed by atoms with Gasteiger partial charge >= 0.3 is 0 Å². The summed E-state index contributed by atoms with van der Waals surface area (Å²) in [6.45, 7) is 2.75. The van der Waals surface area contributed by atoms with Gasteiger partial charge in [-0.15, -0.1) is 0 Å². The van der Waals surface area contributed by atoms with Gasteiger partial charge in [0.15, 0.2) is 5.78 Å². The monoisotopic (exact) mass is 251 g/mol. The van der Waals surface area contributed by atoms with E-state index in [0.29, 0.717) is 18.7 Å². The van der Waals surface area contributed by atoms with Crippen LogP contribution >= 0.6 is 11.6 Å². The molecule has 0 unspecified atom stereocenters. The molecule has 0 atom stereocenters. The highest BCUT2D eigenvalue weighted by Gasteiger charge is 2.13. The number of nitrogens with zero attached hydrogens (tertiary/aromatic N) is 1. The molecule has 1 saturated heterocycles. The van der Waals surface area contributed by atoms with Crippen molar-refractivity contribution in [2.24, 2.45) is 0 Å². The fourth-order valence-corrected chi connectivity index (χ4v) is 2.38. The lowest BCUT2D eigenvalue weighted by Gasteiger charge is -2.25. The van der Waals surface area contributed by atoms with Crippen molar-refractivity contribution >= 4 is 17.4 Å². The smallest absolute Gasteiger partial charge is 0.151 e. The molecule has 92 valence electrons. The highest BCUT2D eigenvalue weighted by Crippen LogP contribution is 2.12. The zero-order chi connectivity index (χ0) is 12.1. The molecule has 1 aromatic rings. The second-order valence-corrected chi connectivity index (χ2v) is 5.12. The van der Waals surface area contributed by atoms with Crippen LogP contribution in [0.1, 0.15) is 24.8 Å². The van der Waals surface area contributed by atoms with Gasteiger partial charge < -0.3 is 0 Å². The first-order valence-electron chi connectivity index (χ1n) is 6.22. The predicted octanol–water partition coefficient (Wildman–Crippen LogP) is 2.94. The van der Waals surface area contributed by atoms with Gasteiger partial charge in [-0.25, -0.2) is 0 Å². The van der Waals surface area contributed by atoms with E-state index in [1.165, 1.54) is 19.3 Å². The van der Waals surface area contributed by atoms with E-state index in [9.17, 15) is 4.79 Å². The van der Waals surface area contributed by atoms with Crippen molar-refractivity contribution in [3.63, 3.8) is 0 Å². The Labute approximate surface area is 108 Å². The molecule has 1 aliphatic rings. The summed E-state index contributed by atoms with van der Waals surface area (Å²) in [6, 6.07) is 7.53. The first kappa shape index (κ1) is 12.6. The zero-order valence-corrected chi connectivity index (χ0v) is 10.7. The first-order valence-corrected chi connectivity index (χ1v) is 6.60. The van der Waals surface area contributed by atoms with Crippen LogP contribution in [0.5, 0.6) is 0 Å². The summed E-state index contributed by atoms with van der Waals surface area (Å²) in [4.78, 5) is 14.2. The summed E-state index contributed by atoms with van der Waals surface area (Å²) in [5, 5.41) is 0.720. The molecule has 17 heavy (non-hydrogen) atoms. The van der Waals surface area contributed by atoms with Crippen molar-refractivity contribution in [3.8, 4) is 0 Å². The fourth-order valence-electron chi connectivity index (χ4n) is 2.25. The Hall–Kier alpha value is -0.860. The molecule has 3 heteroatoms. The summed E-state index contributed by atoms with van der Waals surface area (Å²) < 4.78 is 0. The highest BCUT2D eigenvalue weighted by molar-refractivity contribution is 6.30. The highest BCUT2D eigenvalue weighted by atomic mass is 35.5. The molecule has 0 aromatic heterocycles. The van der Waals surface area contributed by atoms with Crippen molar-refractivity contribution < 1.29 is 4.79 Å². The number of hydrogen-bond acceptors (Lipinski definition) is 2. The molecular weight excluding hydrogens is 234 g/mol. The molecule has 0 N–H and O–H groups in total. The lowest BCUT2D eigenvalue weighted by Crippen LogP contribution is -2.35. The molecule has 2 rings (SSSR count). The van der Waals surface area contributed by atoms with Crippen molar-refractivity contribution in [2.45, 2.75) is 25.7 Å². The van der Waals surface area contributed by atoms with E-state index < -0.39 is 0 Å². The number of ketones is 1. The normalized spacial score (nSPS) is 17.0. The van der Waals surface area contributed by atoms with Crippen molar-refractivity contribution in [1.29, 1.82) is 0 Å². The summed E-state index contributed by atoms with van der Waals surface area (Å²) in [7, 11) is 0. The van der Waals surface area contributed by atoms with Crippen molar-refractivity contribution in [3.05, 3.63) is 34.9 Å². The van der Waals surface area contributed by atoms with Crippen LogP contribution in [0.25, 0.3) is 0 Å². The molecule has 2 nitrogen and oxygen atoms in total. The first-order chi connectivity index (χ1) is 8.24. The average molecular weight is 252 g/mol. The van der Waals surface area contributed by atoms with Crippen LogP contribution in [-0.4, -0.2) is 30.3 Å². The quantitative estimate of drug-likeness (QED) is 0.820. The average Bonchev–Trinajstić information content (AvgIpc) is 2.33. The standard InChI is InChI=1S/C14H18ClNO/c15-13-6-4-12(5-7-13)10-14(17)11-16-8-2-1-3-9-16/h4-7H,1-3,8-11H2. The van der Waals surface area contributed by atoms with Gasteiger partial charge in [0.2, 0.25) is 0 Å². The number of benzene rings is 1. The van der Waals surface area contributed by atoms with Crippen LogP contribution in [0, 0.1) is 0 Å². The van der Waals surface area contributed by atoms with Gasteiger partial charge in [-0.2, -0.15) is 0 Å². The number of carbonyl (C=O) groups excluding carboxylic acids is 1. The van der Waals surface area contributed by atoms with Crippen molar-refractivity contribution in [2.75, 3.05) is 19.6 Å². The van der Waals surface area contributed by atoms with E-state index in [1.54, 1.807) is 0 Å². The maximum atomic E-state index is 11.9. The van der Waals surface area contributed by atoms with Crippen LogP contribution in [-0.2, 0) is 11.2 Å². The van der Waals surface area contributed by atoms with Gasteiger partial charge in [-0.3, -0.25) is 9.69 Å². The third kappa shape index (κ3) is 4.14. The van der Waals surface area contributed by atoms with Crippen LogP contribution < -0.4 is 0 Å². The van der Waals surface area contributed by atoms with Gasteiger partial charge in [0.05, 0.1) is 6.54 Å². The van der Waals surface area contributed by atoms with E-state index in [1.807, 2.05) is 24.3 Å². The van der Waals surface area contributed by atoms with Crippen molar-refractivity contribution in [1.82, 2.24) is 4.90 Å². The Balaban J connectivity index is 1.82. The molecule has 0 radical (unpaired) electrons. The third-order valence-corrected chi connectivity index (χ3v) is 3.42. The number of likely N-dealkylation sites (tertiary alicyclic amines) is 1. The minimum atomic E-state index is 0.300. The molecule has 1 aromatic carbocycles.